The number of aromatic nitrogens is 2. The number of carbonyl (C=O) groups excluding carboxylic acids is 1. The van der Waals surface area contributed by atoms with Crippen LogP contribution in [0.5, 0.6) is 0 Å². The van der Waals surface area contributed by atoms with E-state index in [4.69, 9.17) is 0 Å². The van der Waals surface area contributed by atoms with Crippen molar-refractivity contribution in [3.8, 4) is 0 Å². The van der Waals surface area contributed by atoms with E-state index < -0.39 is 0 Å². The zero-order valence-electron chi connectivity index (χ0n) is 13.6. The van der Waals surface area contributed by atoms with E-state index in [9.17, 15) is 4.79 Å². The van der Waals surface area contributed by atoms with Crippen molar-refractivity contribution in [2.75, 3.05) is 26.2 Å². The number of hydrogen-bond acceptors (Lipinski definition) is 3. The first kappa shape index (κ1) is 16.0. The molecule has 0 spiro atoms. The third kappa shape index (κ3) is 5.16. The van der Waals surface area contributed by atoms with Gasteiger partial charge in [0.05, 0.1) is 12.2 Å². The number of aryl methyl sites for hydroxylation is 3. The number of likely N-dealkylation sites (tertiary alicyclic amines) is 1. The fraction of sp³-hybridized carbons (Fsp3) is 0.750. The van der Waals surface area contributed by atoms with Crippen LogP contribution in [0.25, 0.3) is 0 Å². The Hall–Kier alpha value is -1.36. The van der Waals surface area contributed by atoms with Crippen LogP contribution in [0.15, 0.2) is 6.07 Å². The minimum atomic E-state index is 0.151. The number of piperidine rings is 1. The molecule has 0 saturated carbocycles. The third-order valence-electron chi connectivity index (χ3n) is 4.22. The second kappa shape index (κ2) is 7.59. The zero-order valence-corrected chi connectivity index (χ0v) is 13.6. The minimum Gasteiger partial charge on any atom is -0.355 e. The molecular weight excluding hydrogens is 264 g/mol. The summed E-state index contributed by atoms with van der Waals surface area (Å²) in [4.78, 5) is 14.2. The Morgan fingerprint density at radius 3 is 2.71 bits per heavy atom. The molecule has 2 rings (SSSR count). The minimum absolute atomic E-state index is 0.151. The molecule has 0 radical (unpaired) electrons. The zero-order chi connectivity index (χ0) is 15.2. The summed E-state index contributed by atoms with van der Waals surface area (Å²) in [6, 6.07) is 2.08. The molecule has 21 heavy (non-hydrogen) atoms. The largest absolute Gasteiger partial charge is 0.355 e. The summed E-state index contributed by atoms with van der Waals surface area (Å²) < 4.78 is 2.01. The van der Waals surface area contributed by atoms with Crippen LogP contribution in [0.3, 0.4) is 0 Å². The van der Waals surface area contributed by atoms with Gasteiger partial charge in [-0.3, -0.25) is 14.4 Å². The average molecular weight is 292 g/mol. The van der Waals surface area contributed by atoms with Gasteiger partial charge in [0, 0.05) is 18.8 Å². The molecule has 0 atom stereocenters. The van der Waals surface area contributed by atoms with Crippen LogP contribution in [0.4, 0.5) is 0 Å². The van der Waals surface area contributed by atoms with Crippen molar-refractivity contribution < 1.29 is 4.79 Å². The van der Waals surface area contributed by atoms with Crippen LogP contribution in [0.2, 0.25) is 0 Å². The number of nitrogens with zero attached hydrogens (tertiary/aromatic N) is 3. The molecule has 1 fully saturated rings. The molecule has 0 aliphatic carbocycles. The van der Waals surface area contributed by atoms with Gasteiger partial charge in [-0.2, -0.15) is 5.10 Å². The molecule has 2 heterocycles. The number of nitrogens with one attached hydrogen (secondary N) is 1. The molecule has 1 aromatic heterocycles. The Labute approximate surface area is 127 Å². The van der Waals surface area contributed by atoms with Crippen molar-refractivity contribution in [3.63, 3.8) is 0 Å². The van der Waals surface area contributed by atoms with E-state index in [1.54, 1.807) is 0 Å². The van der Waals surface area contributed by atoms with Gasteiger partial charge in [0.2, 0.25) is 5.91 Å². The second-order valence-corrected chi connectivity index (χ2v) is 6.31. The lowest BCUT2D eigenvalue weighted by atomic mass is 9.99. The van der Waals surface area contributed by atoms with Gasteiger partial charge < -0.3 is 5.32 Å². The van der Waals surface area contributed by atoms with Gasteiger partial charge in [-0.1, -0.05) is 6.92 Å². The molecule has 5 nitrogen and oxygen atoms in total. The SMILES string of the molecule is Cc1cc(C)n(CCCNC(=O)CN2CCC(C)CC2)n1. The molecule has 1 aliphatic heterocycles. The smallest absolute Gasteiger partial charge is 0.234 e. The quantitative estimate of drug-likeness (QED) is 0.813. The first-order valence-electron chi connectivity index (χ1n) is 8.04. The molecular formula is C16H28N4O. The summed E-state index contributed by atoms with van der Waals surface area (Å²) in [5, 5.41) is 7.44. The van der Waals surface area contributed by atoms with Crippen LogP contribution in [0, 0.1) is 19.8 Å². The Balaban J connectivity index is 1.60. The summed E-state index contributed by atoms with van der Waals surface area (Å²) in [5.74, 6) is 0.961. The third-order valence-corrected chi connectivity index (χ3v) is 4.22. The lowest BCUT2D eigenvalue weighted by Crippen LogP contribution is -2.41. The Kier molecular flexibility index (Phi) is 5.79. The Bertz CT molecular complexity index is 461. The number of hydrogen-bond donors (Lipinski definition) is 1. The summed E-state index contributed by atoms with van der Waals surface area (Å²) in [7, 11) is 0. The monoisotopic (exact) mass is 292 g/mol. The van der Waals surface area contributed by atoms with Crippen molar-refractivity contribution in [1.29, 1.82) is 0 Å². The van der Waals surface area contributed by atoms with E-state index in [1.165, 1.54) is 18.5 Å². The normalized spacial score (nSPS) is 17.1. The first-order chi connectivity index (χ1) is 10.0. The summed E-state index contributed by atoms with van der Waals surface area (Å²) >= 11 is 0. The van der Waals surface area contributed by atoms with Crippen LogP contribution in [-0.2, 0) is 11.3 Å². The molecule has 1 amide bonds. The molecule has 1 saturated heterocycles. The molecule has 0 aromatic carbocycles. The Morgan fingerprint density at radius 2 is 2.10 bits per heavy atom. The van der Waals surface area contributed by atoms with Crippen molar-refractivity contribution in [2.24, 2.45) is 5.92 Å². The second-order valence-electron chi connectivity index (χ2n) is 6.31. The van der Waals surface area contributed by atoms with Crippen molar-refractivity contribution in [2.45, 2.75) is 46.6 Å². The summed E-state index contributed by atoms with van der Waals surface area (Å²) in [6.45, 7) is 10.6. The van der Waals surface area contributed by atoms with E-state index in [1.807, 2.05) is 11.6 Å². The van der Waals surface area contributed by atoms with Gasteiger partial charge >= 0.3 is 0 Å². The fourth-order valence-corrected chi connectivity index (χ4v) is 2.84. The standard InChI is InChI=1S/C16H28N4O/c1-13-5-9-19(10-6-13)12-16(21)17-7-4-8-20-15(3)11-14(2)18-20/h11,13H,4-10,12H2,1-3H3,(H,17,21). The number of carbonyl (C=O) groups is 1. The maximum Gasteiger partial charge on any atom is 0.234 e. The molecule has 1 aliphatic rings. The van der Waals surface area contributed by atoms with E-state index in [2.05, 4.69) is 35.2 Å². The van der Waals surface area contributed by atoms with E-state index in [-0.39, 0.29) is 5.91 Å². The highest BCUT2D eigenvalue weighted by atomic mass is 16.2. The molecule has 0 unspecified atom stereocenters. The number of rotatable bonds is 6. The maximum atomic E-state index is 11.9. The topological polar surface area (TPSA) is 50.2 Å². The molecule has 0 bridgehead atoms. The highest BCUT2D eigenvalue weighted by molar-refractivity contribution is 5.77. The molecule has 1 N–H and O–H groups in total. The van der Waals surface area contributed by atoms with E-state index >= 15 is 0 Å². The van der Waals surface area contributed by atoms with Gasteiger partial charge in [-0.05, 0) is 58.2 Å². The predicted octanol–water partition coefficient (Wildman–Crippen LogP) is 1.74. The fourth-order valence-electron chi connectivity index (χ4n) is 2.84. The maximum absolute atomic E-state index is 11.9. The van der Waals surface area contributed by atoms with Crippen molar-refractivity contribution in [1.82, 2.24) is 20.0 Å². The van der Waals surface area contributed by atoms with Crippen LogP contribution in [0.1, 0.15) is 37.6 Å². The van der Waals surface area contributed by atoms with Crippen molar-refractivity contribution >= 4 is 5.91 Å². The Morgan fingerprint density at radius 1 is 1.38 bits per heavy atom. The van der Waals surface area contributed by atoms with Crippen molar-refractivity contribution in [3.05, 3.63) is 17.5 Å². The van der Waals surface area contributed by atoms with Crippen LogP contribution in [-0.4, -0.2) is 46.8 Å². The average Bonchev–Trinajstić information content (AvgIpc) is 2.76. The summed E-state index contributed by atoms with van der Waals surface area (Å²) in [5.41, 5.74) is 2.23. The van der Waals surface area contributed by atoms with Gasteiger partial charge in [0.1, 0.15) is 0 Å². The highest BCUT2D eigenvalue weighted by Crippen LogP contribution is 2.15. The highest BCUT2D eigenvalue weighted by Gasteiger charge is 2.17. The molecule has 1 aromatic rings. The predicted molar refractivity (Wildman–Crippen MR) is 84.2 cm³/mol. The van der Waals surface area contributed by atoms with Crippen LogP contribution < -0.4 is 5.32 Å². The van der Waals surface area contributed by atoms with E-state index in [0.717, 1.165) is 44.2 Å². The van der Waals surface area contributed by atoms with Gasteiger partial charge in [-0.15, -0.1) is 0 Å². The summed E-state index contributed by atoms with van der Waals surface area (Å²) in [6.07, 6.45) is 3.35. The van der Waals surface area contributed by atoms with Gasteiger partial charge in [0.15, 0.2) is 0 Å². The lowest BCUT2D eigenvalue weighted by molar-refractivity contribution is -0.122. The van der Waals surface area contributed by atoms with Crippen LogP contribution >= 0.6 is 0 Å². The van der Waals surface area contributed by atoms with Gasteiger partial charge in [0.25, 0.3) is 0 Å². The first-order valence-corrected chi connectivity index (χ1v) is 8.04. The lowest BCUT2D eigenvalue weighted by Gasteiger charge is -2.29. The van der Waals surface area contributed by atoms with Gasteiger partial charge in [-0.25, -0.2) is 0 Å². The van der Waals surface area contributed by atoms with E-state index in [0.29, 0.717) is 6.54 Å². The molecule has 5 heteroatoms. The molecule has 118 valence electrons. The number of amides is 1.